The first-order valence-corrected chi connectivity index (χ1v) is 11.3. The van der Waals surface area contributed by atoms with Gasteiger partial charge in [0.2, 0.25) is 0 Å². The van der Waals surface area contributed by atoms with E-state index in [2.05, 4.69) is 5.32 Å². The smallest absolute Gasteiger partial charge is 0.325 e. The van der Waals surface area contributed by atoms with Crippen molar-refractivity contribution in [3.63, 3.8) is 0 Å². The van der Waals surface area contributed by atoms with E-state index in [1.807, 2.05) is 6.92 Å². The van der Waals surface area contributed by atoms with Crippen molar-refractivity contribution in [3.05, 3.63) is 93.5 Å². The average Bonchev–Trinajstić information content (AvgIpc) is 2.84. The molecule has 0 bridgehead atoms. The molecule has 1 aliphatic rings. The van der Waals surface area contributed by atoms with E-state index in [-0.39, 0.29) is 35.7 Å². The molecule has 0 saturated carbocycles. The van der Waals surface area contributed by atoms with E-state index in [9.17, 15) is 18.4 Å². The standard InChI is InChI=1S/C26H24ClF2N3O3/c1-15-20-8-7-17(25(33)30-13-16-9-18(28)12-19(10-16)35-3)11-24(20)32(26(34)31(15)2)14-21-22(27)5-4-6-23(21)29/h4-12,15H,13-14H2,1-3H3,(H,30,33). The molecule has 0 aromatic heterocycles. The van der Waals surface area contributed by atoms with Crippen LogP contribution in [-0.2, 0) is 13.1 Å². The van der Waals surface area contributed by atoms with Crippen LogP contribution in [0.15, 0.2) is 54.6 Å². The number of hydrogen-bond donors (Lipinski definition) is 1. The van der Waals surface area contributed by atoms with Gasteiger partial charge in [0, 0.05) is 35.8 Å². The van der Waals surface area contributed by atoms with Crippen molar-refractivity contribution in [2.75, 3.05) is 19.1 Å². The fourth-order valence-electron chi connectivity index (χ4n) is 4.06. The Morgan fingerprint density at radius 3 is 2.63 bits per heavy atom. The van der Waals surface area contributed by atoms with Crippen LogP contribution in [0.5, 0.6) is 5.75 Å². The number of rotatable bonds is 6. The van der Waals surface area contributed by atoms with Crippen molar-refractivity contribution < 1.29 is 23.1 Å². The molecule has 35 heavy (non-hydrogen) atoms. The maximum Gasteiger partial charge on any atom is 0.325 e. The number of amides is 3. The van der Waals surface area contributed by atoms with Crippen LogP contribution in [0.1, 0.15) is 40.0 Å². The normalized spacial score (nSPS) is 15.1. The molecule has 4 rings (SSSR count). The van der Waals surface area contributed by atoms with Gasteiger partial charge >= 0.3 is 6.03 Å². The fourth-order valence-corrected chi connectivity index (χ4v) is 4.28. The summed E-state index contributed by atoms with van der Waals surface area (Å²) < 4.78 is 33.3. The quantitative estimate of drug-likeness (QED) is 0.474. The molecule has 9 heteroatoms. The van der Waals surface area contributed by atoms with Crippen molar-refractivity contribution in [1.82, 2.24) is 10.2 Å². The molecule has 3 aromatic carbocycles. The molecule has 0 saturated heterocycles. The monoisotopic (exact) mass is 499 g/mol. The highest BCUT2D eigenvalue weighted by molar-refractivity contribution is 6.31. The average molecular weight is 500 g/mol. The SMILES string of the molecule is COc1cc(F)cc(CNC(=O)c2ccc3c(c2)N(Cc2c(F)cccc2Cl)C(=O)N(C)C3C)c1. The minimum absolute atomic E-state index is 0.0800. The Balaban J connectivity index is 1.63. The second kappa shape index (κ2) is 9.92. The van der Waals surface area contributed by atoms with Crippen LogP contribution in [-0.4, -0.2) is 31.0 Å². The topological polar surface area (TPSA) is 61.9 Å². The fraction of sp³-hybridized carbons (Fsp3) is 0.231. The molecule has 1 unspecified atom stereocenters. The molecule has 1 N–H and O–H groups in total. The van der Waals surface area contributed by atoms with Gasteiger partial charge in [0.05, 0.1) is 25.4 Å². The Morgan fingerprint density at radius 1 is 1.14 bits per heavy atom. The van der Waals surface area contributed by atoms with E-state index >= 15 is 0 Å². The minimum atomic E-state index is -0.521. The number of halogens is 3. The lowest BCUT2D eigenvalue weighted by Gasteiger charge is -2.39. The van der Waals surface area contributed by atoms with E-state index in [1.54, 1.807) is 42.3 Å². The summed E-state index contributed by atoms with van der Waals surface area (Å²) in [7, 11) is 3.10. The van der Waals surface area contributed by atoms with E-state index in [4.69, 9.17) is 16.3 Å². The highest BCUT2D eigenvalue weighted by Gasteiger charge is 2.34. The van der Waals surface area contributed by atoms with E-state index < -0.39 is 17.5 Å². The molecule has 3 amide bonds. The molecule has 0 radical (unpaired) electrons. The van der Waals surface area contributed by atoms with Crippen molar-refractivity contribution in [2.24, 2.45) is 0 Å². The lowest BCUT2D eigenvalue weighted by atomic mass is 9.98. The van der Waals surface area contributed by atoms with Gasteiger partial charge in [-0.15, -0.1) is 0 Å². The number of hydrogen-bond acceptors (Lipinski definition) is 3. The summed E-state index contributed by atoms with van der Waals surface area (Å²) in [5.41, 5.74) is 2.34. The van der Waals surface area contributed by atoms with Gasteiger partial charge in [-0.3, -0.25) is 9.69 Å². The number of nitrogens with one attached hydrogen (secondary N) is 1. The number of nitrogens with zero attached hydrogens (tertiary/aromatic N) is 2. The lowest BCUT2D eigenvalue weighted by molar-refractivity contribution is 0.0950. The molecule has 0 spiro atoms. The van der Waals surface area contributed by atoms with Crippen LogP contribution in [0.4, 0.5) is 19.3 Å². The molecular formula is C26H24ClF2N3O3. The van der Waals surface area contributed by atoms with Crippen LogP contribution in [0.2, 0.25) is 5.02 Å². The third-order valence-corrected chi connectivity index (χ3v) is 6.50. The summed E-state index contributed by atoms with van der Waals surface area (Å²) >= 11 is 6.21. The lowest BCUT2D eigenvalue weighted by Crippen LogP contribution is -2.46. The number of fused-ring (bicyclic) bond motifs is 1. The Bertz CT molecular complexity index is 1280. The third kappa shape index (κ3) is 4.93. The molecule has 0 fully saturated rings. The summed E-state index contributed by atoms with van der Waals surface area (Å²) in [5, 5.41) is 2.97. The molecule has 6 nitrogen and oxygen atoms in total. The Hall–Kier alpha value is -3.65. The zero-order chi connectivity index (χ0) is 25.3. The third-order valence-electron chi connectivity index (χ3n) is 6.14. The van der Waals surface area contributed by atoms with Gasteiger partial charge in [-0.25, -0.2) is 13.6 Å². The van der Waals surface area contributed by atoms with Gasteiger partial charge in [-0.05, 0) is 54.4 Å². The maximum atomic E-state index is 14.5. The summed E-state index contributed by atoms with van der Waals surface area (Å²) in [4.78, 5) is 29.0. The number of benzene rings is 3. The Morgan fingerprint density at radius 2 is 1.91 bits per heavy atom. The van der Waals surface area contributed by atoms with E-state index in [0.717, 1.165) is 5.56 Å². The van der Waals surface area contributed by atoms with Gasteiger partial charge in [0.1, 0.15) is 17.4 Å². The largest absolute Gasteiger partial charge is 0.497 e. The summed E-state index contributed by atoms with van der Waals surface area (Å²) in [6.45, 7) is 1.86. The summed E-state index contributed by atoms with van der Waals surface area (Å²) in [5.74, 6) is -1.05. The molecule has 3 aromatic rings. The van der Waals surface area contributed by atoms with Crippen LogP contribution in [0.25, 0.3) is 0 Å². The number of urea groups is 1. The van der Waals surface area contributed by atoms with Gasteiger partial charge in [0.25, 0.3) is 5.91 Å². The molecule has 0 aliphatic carbocycles. The predicted octanol–water partition coefficient (Wildman–Crippen LogP) is 5.69. The van der Waals surface area contributed by atoms with E-state index in [1.165, 1.54) is 36.3 Å². The second-order valence-electron chi connectivity index (χ2n) is 8.31. The van der Waals surface area contributed by atoms with Crippen LogP contribution in [0.3, 0.4) is 0 Å². The minimum Gasteiger partial charge on any atom is -0.497 e. The number of carbonyl (C=O) groups is 2. The highest BCUT2D eigenvalue weighted by atomic mass is 35.5. The number of ether oxygens (including phenoxy) is 1. The Labute approximate surface area is 207 Å². The Kier molecular flexibility index (Phi) is 6.93. The van der Waals surface area contributed by atoms with Crippen molar-refractivity contribution in [3.8, 4) is 5.75 Å². The first kappa shape index (κ1) is 24.5. The van der Waals surface area contributed by atoms with Crippen LogP contribution >= 0.6 is 11.6 Å². The zero-order valence-electron chi connectivity index (χ0n) is 19.4. The number of anilines is 1. The van der Waals surface area contributed by atoms with Crippen LogP contribution < -0.4 is 15.0 Å². The van der Waals surface area contributed by atoms with Crippen LogP contribution in [0, 0.1) is 11.6 Å². The molecule has 1 aliphatic heterocycles. The van der Waals surface area contributed by atoms with Gasteiger partial charge in [-0.1, -0.05) is 23.7 Å². The summed E-state index contributed by atoms with van der Waals surface area (Å²) in [6, 6.07) is 13.0. The molecule has 1 atom stereocenters. The van der Waals surface area contributed by atoms with E-state index in [0.29, 0.717) is 22.6 Å². The van der Waals surface area contributed by atoms with Gasteiger partial charge < -0.3 is 15.0 Å². The highest BCUT2D eigenvalue weighted by Crippen LogP contribution is 2.38. The maximum absolute atomic E-state index is 14.5. The number of methoxy groups -OCH3 is 1. The van der Waals surface area contributed by atoms with Crippen molar-refractivity contribution in [2.45, 2.75) is 26.1 Å². The zero-order valence-corrected chi connectivity index (χ0v) is 20.2. The number of carbonyl (C=O) groups excluding carboxylic acids is 2. The predicted molar refractivity (Wildman–Crippen MR) is 130 cm³/mol. The van der Waals surface area contributed by atoms with Gasteiger partial charge in [-0.2, -0.15) is 0 Å². The summed E-state index contributed by atoms with van der Waals surface area (Å²) in [6.07, 6.45) is 0. The first-order chi connectivity index (χ1) is 16.7. The second-order valence-corrected chi connectivity index (χ2v) is 8.72. The first-order valence-electron chi connectivity index (χ1n) is 10.9. The van der Waals surface area contributed by atoms with Crippen molar-refractivity contribution in [1.29, 1.82) is 0 Å². The molecular weight excluding hydrogens is 476 g/mol. The van der Waals surface area contributed by atoms with Gasteiger partial charge in [0.15, 0.2) is 0 Å². The molecule has 182 valence electrons. The molecule has 1 heterocycles. The van der Waals surface area contributed by atoms with Crippen molar-refractivity contribution >= 4 is 29.2 Å².